The number of rotatable bonds is 5. The Labute approximate surface area is 130 Å². The molecular formula is C14H16F3N3O3. The number of alkyl halides is 3. The zero-order chi connectivity index (χ0) is 17.0. The number of hydrogen-bond acceptors (Lipinski definition) is 4. The molecule has 1 saturated heterocycles. The largest absolute Gasteiger partial charge is 0.573 e. The first-order valence-corrected chi connectivity index (χ1v) is 6.93. The van der Waals surface area contributed by atoms with Crippen LogP contribution in [0.2, 0.25) is 0 Å². The van der Waals surface area contributed by atoms with Crippen LogP contribution in [-0.2, 0) is 9.59 Å². The van der Waals surface area contributed by atoms with Crippen LogP contribution < -0.4 is 15.8 Å². The average Bonchev–Trinajstić information content (AvgIpc) is 2.87. The van der Waals surface area contributed by atoms with E-state index in [0.29, 0.717) is 18.7 Å². The van der Waals surface area contributed by atoms with Crippen LogP contribution in [0.1, 0.15) is 12.8 Å². The molecular weight excluding hydrogens is 315 g/mol. The minimum absolute atomic E-state index is 0.00555. The highest BCUT2D eigenvalue weighted by atomic mass is 19.4. The van der Waals surface area contributed by atoms with E-state index in [9.17, 15) is 22.8 Å². The maximum atomic E-state index is 12.0. The zero-order valence-electron chi connectivity index (χ0n) is 12.1. The van der Waals surface area contributed by atoms with E-state index in [4.69, 9.17) is 5.73 Å². The Morgan fingerprint density at radius 3 is 2.52 bits per heavy atom. The van der Waals surface area contributed by atoms with E-state index in [1.807, 2.05) is 0 Å². The van der Waals surface area contributed by atoms with Gasteiger partial charge in [0, 0.05) is 5.69 Å². The van der Waals surface area contributed by atoms with Crippen LogP contribution in [0.3, 0.4) is 0 Å². The first-order chi connectivity index (χ1) is 10.7. The third-order valence-corrected chi connectivity index (χ3v) is 3.41. The van der Waals surface area contributed by atoms with Gasteiger partial charge in [0.1, 0.15) is 5.75 Å². The number of benzene rings is 1. The van der Waals surface area contributed by atoms with Gasteiger partial charge >= 0.3 is 6.36 Å². The van der Waals surface area contributed by atoms with Crippen molar-refractivity contribution in [3.8, 4) is 5.75 Å². The lowest BCUT2D eigenvalue weighted by molar-refractivity contribution is -0.274. The van der Waals surface area contributed by atoms with E-state index in [2.05, 4.69) is 10.1 Å². The molecule has 1 heterocycles. The van der Waals surface area contributed by atoms with Crippen molar-refractivity contribution < 1.29 is 27.5 Å². The molecule has 0 spiro atoms. The molecule has 3 N–H and O–H groups in total. The third-order valence-electron chi connectivity index (χ3n) is 3.41. The molecule has 0 bridgehead atoms. The second-order valence-electron chi connectivity index (χ2n) is 5.15. The molecule has 1 atom stereocenters. The number of hydrogen-bond donors (Lipinski definition) is 2. The van der Waals surface area contributed by atoms with Gasteiger partial charge in [-0.25, -0.2) is 0 Å². The first-order valence-electron chi connectivity index (χ1n) is 6.93. The number of anilines is 1. The van der Waals surface area contributed by atoms with Gasteiger partial charge in [0.2, 0.25) is 11.8 Å². The highest BCUT2D eigenvalue weighted by Crippen LogP contribution is 2.24. The molecule has 2 amide bonds. The van der Waals surface area contributed by atoms with Gasteiger partial charge in [0.15, 0.2) is 0 Å². The predicted octanol–water partition coefficient (Wildman–Crippen LogP) is 1.47. The number of halogens is 3. The van der Waals surface area contributed by atoms with E-state index in [1.54, 1.807) is 4.90 Å². The summed E-state index contributed by atoms with van der Waals surface area (Å²) in [5.41, 5.74) is 5.60. The Bertz CT molecular complexity index is 575. The summed E-state index contributed by atoms with van der Waals surface area (Å²) in [4.78, 5) is 24.9. The molecule has 1 aliphatic heterocycles. The lowest BCUT2D eigenvalue weighted by Crippen LogP contribution is -2.43. The van der Waals surface area contributed by atoms with Gasteiger partial charge in [-0.15, -0.1) is 13.2 Å². The number of amides is 2. The molecule has 1 aromatic carbocycles. The average molecular weight is 331 g/mol. The van der Waals surface area contributed by atoms with Crippen LogP contribution in [-0.4, -0.2) is 42.2 Å². The molecule has 2 rings (SSSR count). The van der Waals surface area contributed by atoms with Crippen LogP contribution in [0.5, 0.6) is 5.75 Å². The number of carbonyl (C=O) groups excluding carboxylic acids is 2. The molecule has 126 valence electrons. The molecule has 1 unspecified atom stereocenters. The summed E-state index contributed by atoms with van der Waals surface area (Å²) in [5.74, 6) is -1.21. The fourth-order valence-electron chi connectivity index (χ4n) is 2.46. The summed E-state index contributed by atoms with van der Waals surface area (Å²) >= 11 is 0. The summed E-state index contributed by atoms with van der Waals surface area (Å²) in [6.07, 6.45) is -3.36. The van der Waals surface area contributed by atoms with Crippen molar-refractivity contribution in [1.29, 1.82) is 0 Å². The summed E-state index contributed by atoms with van der Waals surface area (Å²) < 4.78 is 39.9. The van der Waals surface area contributed by atoms with Gasteiger partial charge in [-0.2, -0.15) is 0 Å². The highest BCUT2D eigenvalue weighted by Gasteiger charge is 2.31. The normalized spacial score (nSPS) is 18.7. The molecule has 0 radical (unpaired) electrons. The Balaban J connectivity index is 1.89. The fraction of sp³-hybridized carbons (Fsp3) is 0.429. The number of nitrogens with zero attached hydrogens (tertiary/aromatic N) is 1. The van der Waals surface area contributed by atoms with Crippen molar-refractivity contribution in [2.24, 2.45) is 5.73 Å². The summed E-state index contributed by atoms with van der Waals surface area (Å²) in [6, 6.07) is 4.35. The van der Waals surface area contributed by atoms with Gasteiger partial charge in [-0.3, -0.25) is 14.5 Å². The van der Waals surface area contributed by atoms with Gasteiger partial charge in [0.25, 0.3) is 0 Å². The van der Waals surface area contributed by atoms with Crippen LogP contribution in [0, 0.1) is 0 Å². The van der Waals surface area contributed by atoms with Crippen LogP contribution >= 0.6 is 0 Å². The number of ether oxygens (including phenoxy) is 1. The van der Waals surface area contributed by atoms with Gasteiger partial charge < -0.3 is 15.8 Å². The molecule has 23 heavy (non-hydrogen) atoms. The number of primary amides is 1. The topological polar surface area (TPSA) is 84.7 Å². The highest BCUT2D eigenvalue weighted by molar-refractivity contribution is 5.93. The minimum Gasteiger partial charge on any atom is -0.406 e. The molecule has 0 aliphatic carbocycles. The smallest absolute Gasteiger partial charge is 0.406 e. The second kappa shape index (κ2) is 6.86. The van der Waals surface area contributed by atoms with Crippen molar-refractivity contribution in [1.82, 2.24) is 4.90 Å². The standard InChI is InChI=1S/C14H16F3N3O3/c15-14(16,17)23-10-5-3-9(4-6-10)19-12(21)8-20-7-1-2-11(20)13(18)22/h3-6,11H,1-2,7-8H2,(H2,18,22)(H,19,21). The van der Waals surface area contributed by atoms with Gasteiger partial charge in [-0.1, -0.05) is 0 Å². The summed E-state index contributed by atoms with van der Waals surface area (Å²) in [7, 11) is 0. The Morgan fingerprint density at radius 1 is 1.30 bits per heavy atom. The van der Waals surface area contributed by atoms with E-state index >= 15 is 0 Å². The minimum atomic E-state index is -4.76. The van der Waals surface area contributed by atoms with E-state index in [0.717, 1.165) is 18.6 Å². The SMILES string of the molecule is NC(=O)C1CCCN1CC(=O)Nc1ccc(OC(F)(F)F)cc1. The number of likely N-dealkylation sites (tertiary alicyclic amines) is 1. The molecule has 1 aliphatic rings. The van der Waals surface area contributed by atoms with Gasteiger partial charge in [0.05, 0.1) is 12.6 Å². The van der Waals surface area contributed by atoms with Crippen molar-refractivity contribution in [3.05, 3.63) is 24.3 Å². The van der Waals surface area contributed by atoms with E-state index < -0.39 is 18.3 Å². The van der Waals surface area contributed by atoms with Crippen molar-refractivity contribution >= 4 is 17.5 Å². The Morgan fingerprint density at radius 2 is 1.96 bits per heavy atom. The van der Waals surface area contributed by atoms with Crippen molar-refractivity contribution in [3.63, 3.8) is 0 Å². The van der Waals surface area contributed by atoms with Crippen LogP contribution in [0.25, 0.3) is 0 Å². The second-order valence-corrected chi connectivity index (χ2v) is 5.15. The molecule has 1 aromatic rings. The summed E-state index contributed by atoms with van der Waals surface area (Å²) in [6.45, 7) is 0.591. The Kier molecular flexibility index (Phi) is 5.09. The van der Waals surface area contributed by atoms with Crippen LogP contribution in [0.15, 0.2) is 24.3 Å². The third kappa shape index (κ3) is 5.13. The van der Waals surface area contributed by atoms with Gasteiger partial charge in [-0.05, 0) is 43.7 Å². The van der Waals surface area contributed by atoms with Crippen molar-refractivity contribution in [2.75, 3.05) is 18.4 Å². The molecule has 6 nitrogen and oxygen atoms in total. The van der Waals surface area contributed by atoms with E-state index in [1.165, 1.54) is 12.1 Å². The lowest BCUT2D eigenvalue weighted by atomic mass is 10.2. The maximum absolute atomic E-state index is 12.0. The quantitative estimate of drug-likeness (QED) is 0.856. The molecule has 9 heteroatoms. The number of nitrogens with two attached hydrogens (primary N) is 1. The monoisotopic (exact) mass is 331 g/mol. The zero-order valence-corrected chi connectivity index (χ0v) is 12.1. The fourth-order valence-corrected chi connectivity index (χ4v) is 2.46. The maximum Gasteiger partial charge on any atom is 0.573 e. The Hall–Kier alpha value is -2.29. The molecule has 0 saturated carbocycles. The van der Waals surface area contributed by atoms with E-state index in [-0.39, 0.29) is 18.2 Å². The van der Waals surface area contributed by atoms with Crippen LogP contribution in [0.4, 0.5) is 18.9 Å². The molecule has 1 fully saturated rings. The predicted molar refractivity (Wildman–Crippen MR) is 75.5 cm³/mol. The van der Waals surface area contributed by atoms with Crippen molar-refractivity contribution in [2.45, 2.75) is 25.2 Å². The number of carbonyl (C=O) groups is 2. The number of nitrogens with one attached hydrogen (secondary N) is 1. The summed E-state index contributed by atoms with van der Waals surface area (Å²) in [5, 5.41) is 2.55. The first kappa shape index (κ1) is 17.1. The molecule has 0 aromatic heterocycles. The lowest BCUT2D eigenvalue weighted by Gasteiger charge is -2.21.